The zero-order chi connectivity index (χ0) is 18.2. The van der Waals surface area contributed by atoms with E-state index >= 15 is 0 Å². The molecule has 0 bridgehead atoms. The van der Waals surface area contributed by atoms with Gasteiger partial charge in [0.05, 0.1) is 0 Å². The molecule has 7 nitrogen and oxygen atoms in total. The summed E-state index contributed by atoms with van der Waals surface area (Å²) in [6.45, 7) is 4.92. The minimum Gasteiger partial charge on any atom is -0.354 e. The van der Waals surface area contributed by atoms with E-state index in [1.807, 2.05) is 32.0 Å². The lowest BCUT2D eigenvalue weighted by atomic mass is 10.2. The minimum absolute atomic E-state index is 0.0426. The van der Waals surface area contributed by atoms with Gasteiger partial charge in [-0.25, -0.2) is 4.79 Å². The van der Waals surface area contributed by atoms with Crippen molar-refractivity contribution in [3.8, 4) is 0 Å². The van der Waals surface area contributed by atoms with Crippen molar-refractivity contribution in [3.05, 3.63) is 30.3 Å². The number of rotatable bonds is 6. The highest BCUT2D eigenvalue weighted by atomic mass is 16.2. The lowest BCUT2D eigenvalue weighted by Gasteiger charge is -2.24. The number of nitrogens with zero attached hydrogens (tertiary/aromatic N) is 1. The predicted molar refractivity (Wildman–Crippen MR) is 96.0 cm³/mol. The van der Waals surface area contributed by atoms with E-state index in [-0.39, 0.29) is 23.8 Å². The van der Waals surface area contributed by atoms with Crippen LogP contribution in [0.4, 0.5) is 10.5 Å². The Kier molecular flexibility index (Phi) is 6.80. The molecule has 1 fully saturated rings. The molecule has 1 heterocycles. The normalized spacial score (nSPS) is 16.6. The number of anilines is 1. The average Bonchev–Trinajstić information content (AvgIpc) is 3.09. The van der Waals surface area contributed by atoms with Gasteiger partial charge in [0.1, 0.15) is 6.04 Å². The molecule has 0 spiro atoms. The lowest BCUT2D eigenvalue weighted by molar-refractivity contribution is -0.126. The van der Waals surface area contributed by atoms with E-state index in [4.69, 9.17) is 0 Å². The molecule has 3 N–H and O–H groups in total. The molecule has 7 heteroatoms. The summed E-state index contributed by atoms with van der Waals surface area (Å²) in [5.74, 6) is -0.304. The number of hydrogen-bond acceptors (Lipinski definition) is 3. The summed E-state index contributed by atoms with van der Waals surface area (Å²) in [4.78, 5) is 37.8. The van der Waals surface area contributed by atoms with Gasteiger partial charge in [0.25, 0.3) is 0 Å². The molecule has 2 rings (SSSR count). The SMILES string of the molecule is CC(C)C(=O)NCCNC(=O)[C@H]1CCCN1C(=O)Nc1ccccc1. The fourth-order valence-corrected chi connectivity index (χ4v) is 2.69. The van der Waals surface area contributed by atoms with E-state index < -0.39 is 6.04 Å². The highest BCUT2D eigenvalue weighted by Crippen LogP contribution is 2.19. The maximum absolute atomic E-state index is 12.4. The topological polar surface area (TPSA) is 90.5 Å². The van der Waals surface area contributed by atoms with E-state index in [0.717, 1.165) is 6.42 Å². The molecule has 0 unspecified atom stereocenters. The molecule has 0 radical (unpaired) electrons. The van der Waals surface area contributed by atoms with Crippen molar-refractivity contribution in [2.75, 3.05) is 25.0 Å². The summed E-state index contributed by atoms with van der Waals surface area (Å²) in [7, 11) is 0. The number of likely N-dealkylation sites (tertiary alicyclic amines) is 1. The van der Waals surface area contributed by atoms with Crippen LogP contribution >= 0.6 is 0 Å². The molecule has 0 saturated carbocycles. The smallest absolute Gasteiger partial charge is 0.322 e. The van der Waals surface area contributed by atoms with Crippen LogP contribution in [-0.4, -0.2) is 48.4 Å². The molecule has 136 valence electrons. The number of amides is 4. The molecule has 4 amide bonds. The Hall–Kier alpha value is -2.57. The predicted octanol–water partition coefficient (Wildman–Crippen LogP) is 1.57. The summed E-state index contributed by atoms with van der Waals surface area (Å²) >= 11 is 0. The number of hydrogen-bond donors (Lipinski definition) is 3. The molecule has 1 aromatic carbocycles. The number of benzene rings is 1. The van der Waals surface area contributed by atoms with Crippen LogP contribution in [0.15, 0.2) is 30.3 Å². The van der Waals surface area contributed by atoms with Crippen LogP contribution in [0.2, 0.25) is 0 Å². The monoisotopic (exact) mass is 346 g/mol. The van der Waals surface area contributed by atoms with E-state index in [0.29, 0.717) is 31.7 Å². The van der Waals surface area contributed by atoms with Crippen LogP contribution in [0.3, 0.4) is 0 Å². The third-order valence-corrected chi connectivity index (χ3v) is 4.09. The largest absolute Gasteiger partial charge is 0.354 e. The summed E-state index contributed by atoms with van der Waals surface area (Å²) < 4.78 is 0. The molecule has 1 saturated heterocycles. The van der Waals surface area contributed by atoms with Crippen molar-refractivity contribution in [1.82, 2.24) is 15.5 Å². The van der Waals surface area contributed by atoms with Crippen molar-refractivity contribution in [2.45, 2.75) is 32.7 Å². The first-order chi connectivity index (χ1) is 12.0. The van der Waals surface area contributed by atoms with Crippen LogP contribution < -0.4 is 16.0 Å². The molecular weight excluding hydrogens is 320 g/mol. The standard InChI is InChI=1S/C18H26N4O3/c1-13(2)16(23)19-10-11-20-17(24)15-9-6-12-22(15)18(25)21-14-7-4-3-5-8-14/h3-5,7-8,13,15H,6,9-12H2,1-2H3,(H,19,23)(H,20,24)(H,21,25)/t15-/m1/s1. The molecular formula is C18H26N4O3. The van der Waals surface area contributed by atoms with Gasteiger partial charge < -0.3 is 20.9 Å². The molecule has 1 aromatic rings. The Bertz CT molecular complexity index is 604. The van der Waals surface area contributed by atoms with Gasteiger partial charge in [0.2, 0.25) is 11.8 Å². The first kappa shape index (κ1) is 18.8. The zero-order valence-corrected chi connectivity index (χ0v) is 14.7. The Morgan fingerprint density at radius 2 is 1.80 bits per heavy atom. The van der Waals surface area contributed by atoms with Crippen LogP contribution in [-0.2, 0) is 9.59 Å². The third kappa shape index (κ3) is 5.48. The highest BCUT2D eigenvalue weighted by molar-refractivity contribution is 5.94. The summed E-state index contributed by atoms with van der Waals surface area (Å²) in [6.07, 6.45) is 1.44. The van der Waals surface area contributed by atoms with E-state index in [9.17, 15) is 14.4 Å². The zero-order valence-electron chi connectivity index (χ0n) is 14.7. The van der Waals surface area contributed by atoms with Gasteiger partial charge >= 0.3 is 6.03 Å². The van der Waals surface area contributed by atoms with Gasteiger partial charge in [-0.15, -0.1) is 0 Å². The number of carbonyl (C=O) groups is 3. The summed E-state index contributed by atoms with van der Waals surface area (Å²) in [5, 5.41) is 8.35. The molecule has 0 aromatic heterocycles. The van der Waals surface area contributed by atoms with Gasteiger partial charge in [-0.1, -0.05) is 32.0 Å². The van der Waals surface area contributed by atoms with Crippen molar-refractivity contribution < 1.29 is 14.4 Å². The number of para-hydroxylation sites is 1. The minimum atomic E-state index is -0.468. The quantitative estimate of drug-likeness (QED) is 0.683. The first-order valence-corrected chi connectivity index (χ1v) is 8.67. The van der Waals surface area contributed by atoms with Gasteiger partial charge in [-0.05, 0) is 25.0 Å². The second-order valence-corrected chi connectivity index (χ2v) is 6.38. The second-order valence-electron chi connectivity index (χ2n) is 6.38. The first-order valence-electron chi connectivity index (χ1n) is 8.67. The molecule has 1 aliphatic heterocycles. The van der Waals surface area contributed by atoms with E-state index in [1.165, 1.54) is 0 Å². The lowest BCUT2D eigenvalue weighted by Crippen LogP contribution is -2.48. The van der Waals surface area contributed by atoms with Crippen molar-refractivity contribution in [3.63, 3.8) is 0 Å². The van der Waals surface area contributed by atoms with Crippen molar-refractivity contribution in [1.29, 1.82) is 0 Å². The van der Waals surface area contributed by atoms with Crippen LogP contribution in [0.1, 0.15) is 26.7 Å². The fraction of sp³-hybridized carbons (Fsp3) is 0.500. The van der Waals surface area contributed by atoms with Gasteiger partial charge in [-0.2, -0.15) is 0 Å². The van der Waals surface area contributed by atoms with Crippen molar-refractivity contribution >= 4 is 23.5 Å². The van der Waals surface area contributed by atoms with Gasteiger partial charge in [-0.3, -0.25) is 9.59 Å². The third-order valence-electron chi connectivity index (χ3n) is 4.09. The summed E-state index contributed by atoms with van der Waals surface area (Å²) in [6, 6.07) is 8.44. The Balaban J connectivity index is 1.80. The van der Waals surface area contributed by atoms with Crippen LogP contribution in [0, 0.1) is 5.92 Å². The molecule has 1 aliphatic rings. The number of urea groups is 1. The number of nitrogens with one attached hydrogen (secondary N) is 3. The maximum Gasteiger partial charge on any atom is 0.322 e. The molecule has 25 heavy (non-hydrogen) atoms. The van der Waals surface area contributed by atoms with E-state index in [2.05, 4.69) is 16.0 Å². The second kappa shape index (κ2) is 9.05. The van der Waals surface area contributed by atoms with Gasteiger partial charge in [0, 0.05) is 31.2 Å². The Morgan fingerprint density at radius 3 is 2.48 bits per heavy atom. The number of carbonyl (C=O) groups excluding carboxylic acids is 3. The maximum atomic E-state index is 12.4. The molecule has 1 atom stereocenters. The van der Waals surface area contributed by atoms with Crippen LogP contribution in [0.5, 0.6) is 0 Å². The Labute approximate surface area is 148 Å². The van der Waals surface area contributed by atoms with Crippen molar-refractivity contribution in [2.24, 2.45) is 5.92 Å². The summed E-state index contributed by atoms with van der Waals surface area (Å²) in [5.41, 5.74) is 0.704. The van der Waals surface area contributed by atoms with E-state index in [1.54, 1.807) is 17.0 Å². The fourth-order valence-electron chi connectivity index (χ4n) is 2.69. The average molecular weight is 346 g/mol. The highest BCUT2D eigenvalue weighted by Gasteiger charge is 2.33. The Morgan fingerprint density at radius 1 is 1.12 bits per heavy atom. The van der Waals surface area contributed by atoms with Gasteiger partial charge in [0.15, 0.2) is 0 Å². The molecule has 0 aliphatic carbocycles. The van der Waals surface area contributed by atoms with Crippen LogP contribution in [0.25, 0.3) is 0 Å².